The molecule has 1 aliphatic rings. The Hall–Kier alpha value is -3.05. The summed E-state index contributed by atoms with van der Waals surface area (Å²) in [6.45, 7) is 5.03. The first-order valence-electron chi connectivity index (χ1n) is 10.7. The van der Waals surface area contributed by atoms with Gasteiger partial charge in [-0.3, -0.25) is 9.79 Å². The molecule has 0 fully saturated rings. The van der Waals surface area contributed by atoms with Crippen LogP contribution < -0.4 is 20.1 Å². The summed E-state index contributed by atoms with van der Waals surface area (Å²) < 4.78 is 34.5. The van der Waals surface area contributed by atoms with Gasteiger partial charge in [0.05, 0.1) is 31.2 Å². The predicted molar refractivity (Wildman–Crippen MR) is 135 cm³/mol. The SMILES string of the molecule is C/C=C(\Nc1ccc(Oc2ccc(S(C)(=O)=O)nc2)cc1OC)C1=NCC(CC(=O)NCC)S1. The van der Waals surface area contributed by atoms with Crippen LogP contribution in [0.3, 0.4) is 0 Å². The zero-order chi connectivity index (χ0) is 24.7. The maximum atomic E-state index is 11.9. The fourth-order valence-corrected chi connectivity index (χ4v) is 4.87. The minimum Gasteiger partial charge on any atom is -0.494 e. The first kappa shape index (κ1) is 25.6. The van der Waals surface area contributed by atoms with Gasteiger partial charge in [-0.15, -0.1) is 0 Å². The van der Waals surface area contributed by atoms with Gasteiger partial charge in [0.25, 0.3) is 0 Å². The van der Waals surface area contributed by atoms with E-state index in [9.17, 15) is 13.2 Å². The minimum atomic E-state index is -3.37. The molecule has 1 amide bonds. The molecule has 0 bridgehead atoms. The second kappa shape index (κ2) is 11.4. The first-order valence-corrected chi connectivity index (χ1v) is 13.4. The summed E-state index contributed by atoms with van der Waals surface area (Å²) in [5, 5.41) is 7.12. The van der Waals surface area contributed by atoms with Crippen LogP contribution in [0.4, 0.5) is 5.69 Å². The standard InChI is InChI=1S/C23H28N4O5S2/c1-5-18(23-26-14-17(33-23)12-21(28)24-6-2)27-19-9-7-15(11-20(19)31-3)32-16-8-10-22(25-13-16)34(4,29)30/h5,7-11,13,17,27H,6,12,14H2,1-4H3,(H,24,28)/b18-5-. The van der Waals surface area contributed by atoms with E-state index in [1.54, 1.807) is 37.1 Å². The highest BCUT2D eigenvalue weighted by molar-refractivity contribution is 8.15. The maximum absolute atomic E-state index is 11.9. The number of amides is 1. The molecule has 2 N–H and O–H groups in total. The van der Waals surface area contributed by atoms with Crippen molar-refractivity contribution >= 4 is 38.2 Å². The number of benzene rings is 1. The van der Waals surface area contributed by atoms with E-state index in [2.05, 4.69) is 20.6 Å². The highest BCUT2D eigenvalue weighted by atomic mass is 32.2. The van der Waals surface area contributed by atoms with Crippen molar-refractivity contribution < 1.29 is 22.7 Å². The van der Waals surface area contributed by atoms with Crippen LogP contribution in [0.15, 0.2) is 58.3 Å². The van der Waals surface area contributed by atoms with E-state index in [4.69, 9.17) is 9.47 Å². The number of thioether (sulfide) groups is 1. The third kappa shape index (κ3) is 6.73. The lowest BCUT2D eigenvalue weighted by molar-refractivity contribution is -0.120. The second-order valence-corrected chi connectivity index (χ2v) is 10.7. The van der Waals surface area contributed by atoms with Crippen molar-refractivity contribution in [3.8, 4) is 17.2 Å². The molecule has 0 spiro atoms. The average Bonchev–Trinajstić information content (AvgIpc) is 3.26. The van der Waals surface area contributed by atoms with Crippen LogP contribution in [-0.2, 0) is 14.6 Å². The molecule has 34 heavy (non-hydrogen) atoms. The van der Waals surface area contributed by atoms with E-state index >= 15 is 0 Å². The van der Waals surface area contributed by atoms with E-state index in [1.165, 1.54) is 12.3 Å². The number of carbonyl (C=O) groups is 1. The van der Waals surface area contributed by atoms with Crippen LogP contribution in [-0.4, -0.2) is 56.1 Å². The van der Waals surface area contributed by atoms with Gasteiger partial charge in [-0.2, -0.15) is 0 Å². The fraction of sp³-hybridized carbons (Fsp3) is 0.348. The van der Waals surface area contributed by atoms with Crippen molar-refractivity contribution in [1.82, 2.24) is 10.3 Å². The molecular weight excluding hydrogens is 476 g/mol. The van der Waals surface area contributed by atoms with Gasteiger partial charge in [0, 0.05) is 30.5 Å². The monoisotopic (exact) mass is 504 g/mol. The van der Waals surface area contributed by atoms with Crippen LogP contribution in [0.5, 0.6) is 17.2 Å². The van der Waals surface area contributed by atoms with Crippen LogP contribution in [0.1, 0.15) is 20.3 Å². The molecule has 2 heterocycles. The number of carbonyl (C=O) groups excluding carboxylic acids is 1. The number of ether oxygens (including phenoxy) is 2. The van der Waals surface area contributed by atoms with Crippen LogP contribution in [0.2, 0.25) is 0 Å². The number of aromatic nitrogens is 1. The molecule has 1 atom stereocenters. The number of sulfone groups is 1. The number of hydrogen-bond donors (Lipinski definition) is 2. The summed E-state index contributed by atoms with van der Waals surface area (Å²) in [5.41, 5.74) is 1.56. The summed E-state index contributed by atoms with van der Waals surface area (Å²) in [5.74, 6) is 1.50. The molecule has 9 nitrogen and oxygen atoms in total. The Labute approximate surface area is 204 Å². The quantitative estimate of drug-likeness (QED) is 0.503. The molecule has 1 aromatic carbocycles. The molecule has 3 rings (SSSR count). The van der Waals surface area contributed by atoms with E-state index in [-0.39, 0.29) is 16.2 Å². The molecule has 0 saturated carbocycles. The summed E-state index contributed by atoms with van der Waals surface area (Å²) in [4.78, 5) is 20.4. The Balaban J connectivity index is 1.67. The lowest BCUT2D eigenvalue weighted by atomic mass is 10.2. The highest BCUT2D eigenvalue weighted by Crippen LogP contribution is 2.34. The van der Waals surface area contributed by atoms with Crippen molar-refractivity contribution in [2.24, 2.45) is 4.99 Å². The summed E-state index contributed by atoms with van der Waals surface area (Å²) in [7, 11) is -1.81. The Kier molecular flexibility index (Phi) is 8.56. The van der Waals surface area contributed by atoms with Crippen molar-refractivity contribution in [2.45, 2.75) is 30.5 Å². The molecule has 0 radical (unpaired) electrons. The summed E-state index contributed by atoms with van der Waals surface area (Å²) >= 11 is 1.58. The van der Waals surface area contributed by atoms with Crippen molar-refractivity contribution in [2.75, 3.05) is 31.8 Å². The van der Waals surface area contributed by atoms with E-state index in [0.717, 1.165) is 22.7 Å². The number of hydrogen-bond acceptors (Lipinski definition) is 9. The van der Waals surface area contributed by atoms with E-state index < -0.39 is 9.84 Å². The molecular formula is C23H28N4O5S2. The second-order valence-electron chi connectivity index (χ2n) is 7.44. The molecule has 182 valence electrons. The van der Waals surface area contributed by atoms with Crippen LogP contribution in [0, 0.1) is 0 Å². The van der Waals surface area contributed by atoms with E-state index in [0.29, 0.717) is 36.8 Å². The third-order valence-electron chi connectivity index (χ3n) is 4.79. The number of allylic oxidation sites excluding steroid dienone is 1. The Morgan fingerprint density at radius 2 is 2.03 bits per heavy atom. The van der Waals surface area contributed by atoms with Gasteiger partial charge >= 0.3 is 0 Å². The average molecular weight is 505 g/mol. The first-order chi connectivity index (χ1) is 16.2. The number of nitrogens with zero attached hydrogens (tertiary/aromatic N) is 2. The minimum absolute atomic E-state index is 0.0169. The molecule has 1 aromatic heterocycles. The maximum Gasteiger partial charge on any atom is 0.221 e. The van der Waals surface area contributed by atoms with Gasteiger partial charge in [0.2, 0.25) is 5.91 Å². The number of anilines is 1. The van der Waals surface area contributed by atoms with Gasteiger partial charge in [-0.1, -0.05) is 17.8 Å². The largest absolute Gasteiger partial charge is 0.494 e. The Bertz CT molecular complexity index is 1190. The van der Waals surface area contributed by atoms with Gasteiger partial charge in [0.1, 0.15) is 22.3 Å². The lowest BCUT2D eigenvalue weighted by Gasteiger charge is -2.16. The van der Waals surface area contributed by atoms with Gasteiger partial charge < -0.3 is 20.1 Å². The molecule has 1 aliphatic heterocycles. The van der Waals surface area contributed by atoms with Crippen molar-refractivity contribution in [3.05, 3.63) is 48.3 Å². The smallest absolute Gasteiger partial charge is 0.221 e. The molecule has 11 heteroatoms. The number of pyridine rings is 1. The Morgan fingerprint density at radius 1 is 1.26 bits per heavy atom. The van der Waals surface area contributed by atoms with Gasteiger partial charge in [-0.05, 0) is 38.1 Å². The van der Waals surface area contributed by atoms with Crippen LogP contribution in [0.25, 0.3) is 0 Å². The Morgan fingerprint density at radius 3 is 2.65 bits per heavy atom. The third-order valence-corrected chi connectivity index (χ3v) is 7.01. The number of nitrogens with one attached hydrogen (secondary N) is 2. The number of aliphatic imine (C=N–C) groups is 1. The summed E-state index contributed by atoms with van der Waals surface area (Å²) in [6, 6.07) is 8.26. The topological polar surface area (TPSA) is 119 Å². The molecule has 0 saturated heterocycles. The number of rotatable bonds is 10. The van der Waals surface area contributed by atoms with Crippen LogP contribution >= 0.6 is 11.8 Å². The lowest BCUT2D eigenvalue weighted by Crippen LogP contribution is -2.26. The van der Waals surface area contributed by atoms with Crippen molar-refractivity contribution in [1.29, 1.82) is 0 Å². The molecule has 0 aliphatic carbocycles. The van der Waals surface area contributed by atoms with E-state index in [1.807, 2.05) is 26.0 Å². The van der Waals surface area contributed by atoms with Gasteiger partial charge in [-0.25, -0.2) is 13.4 Å². The van der Waals surface area contributed by atoms with Crippen molar-refractivity contribution in [3.63, 3.8) is 0 Å². The zero-order valence-corrected chi connectivity index (χ0v) is 21.1. The molecule has 1 unspecified atom stereocenters. The summed E-state index contributed by atoms with van der Waals surface area (Å²) in [6.07, 6.45) is 4.82. The normalized spacial score (nSPS) is 16.1. The highest BCUT2D eigenvalue weighted by Gasteiger charge is 2.24. The van der Waals surface area contributed by atoms with Gasteiger partial charge in [0.15, 0.2) is 14.9 Å². The number of methoxy groups -OCH3 is 1. The molecule has 2 aromatic rings. The predicted octanol–water partition coefficient (Wildman–Crippen LogP) is 3.64. The fourth-order valence-electron chi connectivity index (χ4n) is 3.16. The zero-order valence-electron chi connectivity index (χ0n) is 19.5.